The zero-order chi connectivity index (χ0) is 32.3. The number of alkyl halides is 3. The van der Waals surface area contributed by atoms with Crippen molar-refractivity contribution >= 4 is 47.2 Å². The minimum Gasteiger partial charge on any atom is -0.406 e. The molecule has 2 aliphatic rings. The van der Waals surface area contributed by atoms with E-state index >= 15 is 0 Å². The molecule has 3 aromatic rings. The number of thioether (sulfide) groups is 1. The quantitative estimate of drug-likeness (QED) is 0.286. The summed E-state index contributed by atoms with van der Waals surface area (Å²) in [7, 11) is 1.85. The highest BCUT2D eigenvalue weighted by atomic mass is 32.2. The number of carbonyl (C=O) groups excluding carboxylic acids is 2. The molecular weight excluding hydrogens is 609 g/mol. The molecule has 3 heterocycles. The van der Waals surface area contributed by atoms with E-state index in [1.54, 1.807) is 28.5 Å². The molecule has 3 N–H and O–H groups in total. The average Bonchev–Trinajstić information content (AvgIpc) is 3.60. The predicted octanol–water partition coefficient (Wildman–Crippen LogP) is 5.37. The van der Waals surface area contributed by atoms with Crippen LogP contribution in [0, 0.1) is 6.92 Å². The second-order valence-corrected chi connectivity index (χ2v) is 12.0. The summed E-state index contributed by atoms with van der Waals surface area (Å²) < 4.78 is 41.2. The van der Waals surface area contributed by atoms with E-state index < -0.39 is 24.2 Å². The molecule has 1 aromatic heterocycles. The van der Waals surface area contributed by atoms with Gasteiger partial charge >= 0.3 is 12.4 Å². The molecule has 45 heavy (non-hydrogen) atoms. The number of hydrogen-bond donors (Lipinski definition) is 3. The number of aliphatic imine (C=N–C) groups is 1. The fourth-order valence-corrected chi connectivity index (χ4v) is 5.87. The van der Waals surface area contributed by atoms with Gasteiger partial charge in [0.2, 0.25) is 5.91 Å². The lowest BCUT2D eigenvalue weighted by Gasteiger charge is -2.28. The van der Waals surface area contributed by atoms with Gasteiger partial charge in [-0.3, -0.25) is 24.9 Å². The largest absolute Gasteiger partial charge is 0.573 e. The molecule has 238 valence electrons. The molecule has 1 saturated heterocycles. The maximum Gasteiger partial charge on any atom is 0.573 e. The number of aromatic nitrogens is 1. The van der Waals surface area contributed by atoms with Gasteiger partial charge in [-0.1, -0.05) is 32.0 Å². The van der Waals surface area contributed by atoms with Crippen LogP contribution in [0.4, 0.5) is 35.2 Å². The van der Waals surface area contributed by atoms with Gasteiger partial charge in [0.15, 0.2) is 11.8 Å². The first kappa shape index (κ1) is 32.1. The maximum absolute atomic E-state index is 12.9. The molecule has 3 amide bonds. The summed E-state index contributed by atoms with van der Waals surface area (Å²) in [6.45, 7) is 6.57. The third kappa shape index (κ3) is 8.04. The smallest absolute Gasteiger partial charge is 0.406 e. The zero-order valence-corrected chi connectivity index (χ0v) is 25.8. The summed E-state index contributed by atoms with van der Waals surface area (Å²) in [5, 5.41) is 7.23. The molecule has 0 spiro atoms. The van der Waals surface area contributed by atoms with Crippen LogP contribution in [-0.4, -0.2) is 59.1 Å². The van der Waals surface area contributed by atoms with Crippen LogP contribution in [-0.2, 0) is 11.3 Å². The third-order valence-electron chi connectivity index (χ3n) is 7.03. The van der Waals surface area contributed by atoms with E-state index in [9.17, 15) is 22.8 Å². The van der Waals surface area contributed by atoms with E-state index in [4.69, 9.17) is 0 Å². The molecule has 2 aromatic carbocycles. The van der Waals surface area contributed by atoms with Crippen molar-refractivity contribution in [2.24, 2.45) is 4.99 Å². The summed E-state index contributed by atoms with van der Waals surface area (Å²) in [6, 6.07) is 14.5. The van der Waals surface area contributed by atoms with Gasteiger partial charge in [-0.2, -0.15) is 5.43 Å². The zero-order valence-electron chi connectivity index (χ0n) is 25.0. The molecular formula is C30H33F3N8O3S. The Morgan fingerprint density at radius 2 is 1.93 bits per heavy atom. The standard InChI is InChI=1S/C30H33F3N8O3S/c1-18(2)23-11-5-19(3)13-24(23)41-26(42)16-45-29(41)37-28(43)36-25-12-6-20(14-34-25)15-39(4)27-35-17-40(38-27)21-7-9-22(10-8-21)44-30(31,32)33/h5-14,17-18,27,29,38H,15-16H2,1-4H3,(H2,34,36,37,43). The Bertz CT molecular complexity index is 1550. The highest BCUT2D eigenvalue weighted by Gasteiger charge is 2.36. The number of hydrazine groups is 1. The second-order valence-electron chi connectivity index (χ2n) is 10.9. The molecule has 11 nitrogen and oxygen atoms in total. The Hall–Kier alpha value is -4.34. The first-order valence-electron chi connectivity index (χ1n) is 14.1. The van der Waals surface area contributed by atoms with E-state index in [0.717, 1.165) is 22.4 Å². The minimum absolute atomic E-state index is 0.0676. The number of urea groups is 1. The Labute approximate surface area is 262 Å². The number of pyridine rings is 1. The Kier molecular flexibility index (Phi) is 9.51. The Balaban J connectivity index is 1.13. The van der Waals surface area contributed by atoms with E-state index in [0.29, 0.717) is 18.1 Å². The van der Waals surface area contributed by atoms with Gasteiger partial charge in [-0.15, -0.1) is 24.9 Å². The van der Waals surface area contributed by atoms with Crippen molar-refractivity contribution in [3.05, 3.63) is 77.5 Å². The van der Waals surface area contributed by atoms with Gasteiger partial charge < -0.3 is 10.1 Å². The van der Waals surface area contributed by atoms with Crippen LogP contribution in [0.3, 0.4) is 0 Å². The average molecular weight is 643 g/mol. The number of benzene rings is 2. The SMILES string of the molecule is Cc1ccc(C(C)C)c(N2C(=O)CSC2NC(=O)Nc2ccc(CN(C)C3N=CN(c4ccc(OC(F)(F)F)cc4)N3)cn2)c1. The summed E-state index contributed by atoms with van der Waals surface area (Å²) in [5.74, 6) is 0.433. The number of aryl methyl sites for hydroxylation is 1. The Morgan fingerprint density at radius 1 is 1.18 bits per heavy atom. The number of nitrogens with zero attached hydrogens (tertiary/aromatic N) is 5. The number of anilines is 3. The molecule has 15 heteroatoms. The first-order valence-corrected chi connectivity index (χ1v) is 15.1. The number of carbonyl (C=O) groups is 2. The van der Waals surface area contributed by atoms with Crippen LogP contribution in [0.1, 0.15) is 36.5 Å². The van der Waals surface area contributed by atoms with E-state index in [1.807, 2.05) is 43.1 Å². The van der Waals surface area contributed by atoms with E-state index in [-0.39, 0.29) is 23.3 Å². The van der Waals surface area contributed by atoms with Gasteiger partial charge in [0.05, 0.1) is 17.1 Å². The number of hydrogen-bond acceptors (Lipinski definition) is 9. The number of ether oxygens (including phenoxy) is 1. The van der Waals surface area contributed by atoms with Gasteiger partial charge in [0.25, 0.3) is 0 Å². The topological polar surface area (TPSA) is 114 Å². The number of nitrogens with one attached hydrogen (secondary N) is 3. The summed E-state index contributed by atoms with van der Waals surface area (Å²) in [5.41, 5.74) is 6.90. The third-order valence-corrected chi connectivity index (χ3v) is 8.09. The van der Waals surface area contributed by atoms with Gasteiger partial charge in [0, 0.05) is 12.7 Å². The van der Waals surface area contributed by atoms with Crippen molar-refractivity contribution in [3.63, 3.8) is 0 Å². The highest BCUT2D eigenvalue weighted by molar-refractivity contribution is 8.01. The highest BCUT2D eigenvalue weighted by Crippen LogP contribution is 2.35. The molecule has 0 bridgehead atoms. The van der Waals surface area contributed by atoms with Crippen molar-refractivity contribution in [1.82, 2.24) is 20.6 Å². The molecule has 5 rings (SSSR count). The molecule has 0 aliphatic carbocycles. The first-order chi connectivity index (χ1) is 21.4. The lowest BCUT2D eigenvalue weighted by Crippen LogP contribution is -2.46. The van der Waals surface area contributed by atoms with Gasteiger partial charge in [-0.05, 0) is 73.0 Å². The van der Waals surface area contributed by atoms with Crippen molar-refractivity contribution in [3.8, 4) is 5.75 Å². The fourth-order valence-electron chi connectivity index (χ4n) is 4.86. The molecule has 0 saturated carbocycles. The van der Waals surface area contributed by atoms with Gasteiger partial charge in [-0.25, -0.2) is 14.8 Å². The minimum atomic E-state index is -4.75. The summed E-state index contributed by atoms with van der Waals surface area (Å²) in [6.07, 6.45) is -2.00. The van der Waals surface area contributed by atoms with Crippen LogP contribution in [0.15, 0.2) is 65.8 Å². The lowest BCUT2D eigenvalue weighted by atomic mass is 9.98. The van der Waals surface area contributed by atoms with Crippen LogP contribution in [0.5, 0.6) is 5.75 Å². The Morgan fingerprint density at radius 3 is 2.60 bits per heavy atom. The fraction of sp³-hybridized carbons (Fsp3) is 0.333. The number of rotatable bonds is 9. The molecule has 2 unspecified atom stereocenters. The monoisotopic (exact) mass is 642 g/mol. The van der Waals surface area contributed by atoms with Crippen LogP contribution >= 0.6 is 11.8 Å². The maximum atomic E-state index is 12.9. The number of amides is 3. The second kappa shape index (κ2) is 13.3. The molecule has 0 radical (unpaired) electrons. The van der Waals surface area contributed by atoms with Crippen LogP contribution < -0.4 is 30.7 Å². The van der Waals surface area contributed by atoms with Gasteiger partial charge in [0.1, 0.15) is 17.9 Å². The van der Waals surface area contributed by atoms with E-state index in [2.05, 4.69) is 44.6 Å². The van der Waals surface area contributed by atoms with Crippen molar-refractivity contribution < 1.29 is 27.5 Å². The van der Waals surface area contributed by atoms with Crippen molar-refractivity contribution in [2.75, 3.05) is 28.0 Å². The number of halogens is 3. The predicted molar refractivity (Wildman–Crippen MR) is 168 cm³/mol. The molecule has 2 aliphatic heterocycles. The summed E-state index contributed by atoms with van der Waals surface area (Å²) >= 11 is 1.35. The summed E-state index contributed by atoms with van der Waals surface area (Å²) in [4.78, 5) is 38.1. The van der Waals surface area contributed by atoms with Crippen molar-refractivity contribution in [1.29, 1.82) is 0 Å². The lowest BCUT2D eigenvalue weighted by molar-refractivity contribution is -0.274. The van der Waals surface area contributed by atoms with Crippen LogP contribution in [0.25, 0.3) is 0 Å². The molecule has 1 fully saturated rings. The molecule has 2 atom stereocenters. The normalized spacial score (nSPS) is 18.3. The van der Waals surface area contributed by atoms with Crippen LogP contribution in [0.2, 0.25) is 0 Å². The van der Waals surface area contributed by atoms with Crippen molar-refractivity contribution in [2.45, 2.75) is 51.4 Å². The van der Waals surface area contributed by atoms with E-state index in [1.165, 1.54) is 36.0 Å².